The second kappa shape index (κ2) is 7.89. The maximum atomic E-state index is 11.7. The van der Waals surface area contributed by atoms with Gasteiger partial charge in [0.15, 0.2) is 11.5 Å². The predicted octanol–water partition coefficient (Wildman–Crippen LogP) is 3.82. The van der Waals surface area contributed by atoms with Crippen LogP contribution in [0.2, 0.25) is 5.15 Å². The Labute approximate surface area is 172 Å². The van der Waals surface area contributed by atoms with Crippen molar-refractivity contribution in [3.63, 3.8) is 0 Å². The number of carbonyl (C=O) groups is 1. The molecule has 29 heavy (non-hydrogen) atoms. The number of nitrogen functional groups attached to an aromatic ring is 1. The highest BCUT2D eigenvalue weighted by molar-refractivity contribution is 6.29. The van der Waals surface area contributed by atoms with Crippen LogP contribution in [0.1, 0.15) is 12.5 Å². The standard InChI is InChI=1S/C21H18ClN5O2/c1-2-29-18(28)12-13-5-7-14(8-6-13)27-20(15-4-3-11-24-19(15)23)25-16-9-10-17(22)26-21(16)27/h3-11H,2,12H2,1H3,(H2,23,24). The Bertz CT molecular complexity index is 1190. The first-order valence-corrected chi connectivity index (χ1v) is 9.45. The van der Waals surface area contributed by atoms with Gasteiger partial charge in [0.25, 0.3) is 0 Å². The number of hydrogen-bond donors (Lipinski definition) is 1. The molecule has 4 rings (SSSR count). The van der Waals surface area contributed by atoms with E-state index in [-0.39, 0.29) is 12.4 Å². The van der Waals surface area contributed by atoms with Gasteiger partial charge in [0.1, 0.15) is 16.5 Å². The van der Waals surface area contributed by atoms with E-state index in [0.29, 0.717) is 40.1 Å². The van der Waals surface area contributed by atoms with Crippen molar-refractivity contribution in [3.05, 3.63) is 65.4 Å². The maximum Gasteiger partial charge on any atom is 0.310 e. The molecule has 146 valence electrons. The van der Waals surface area contributed by atoms with Crippen LogP contribution in [0.3, 0.4) is 0 Å². The average molecular weight is 408 g/mol. The summed E-state index contributed by atoms with van der Waals surface area (Å²) < 4.78 is 6.89. The average Bonchev–Trinajstić information content (AvgIpc) is 3.07. The van der Waals surface area contributed by atoms with E-state index in [1.54, 1.807) is 25.3 Å². The smallest absolute Gasteiger partial charge is 0.310 e. The topological polar surface area (TPSA) is 95.9 Å². The van der Waals surface area contributed by atoms with Crippen LogP contribution in [0, 0.1) is 0 Å². The fourth-order valence-electron chi connectivity index (χ4n) is 3.11. The van der Waals surface area contributed by atoms with Gasteiger partial charge in [0.2, 0.25) is 0 Å². The van der Waals surface area contributed by atoms with Crippen molar-refractivity contribution in [2.75, 3.05) is 12.3 Å². The third-order valence-electron chi connectivity index (χ3n) is 4.40. The number of pyridine rings is 2. The molecule has 0 bridgehead atoms. The number of carbonyl (C=O) groups excluding carboxylic acids is 1. The molecule has 1 aromatic carbocycles. The Kier molecular flexibility index (Phi) is 5.14. The monoisotopic (exact) mass is 407 g/mol. The molecular formula is C21H18ClN5O2. The van der Waals surface area contributed by atoms with E-state index < -0.39 is 0 Å². The number of rotatable bonds is 5. The molecule has 0 fully saturated rings. The number of nitrogens with two attached hydrogens (primary N) is 1. The molecule has 0 aliphatic carbocycles. The van der Waals surface area contributed by atoms with Crippen molar-refractivity contribution in [3.8, 4) is 17.1 Å². The lowest BCUT2D eigenvalue weighted by atomic mass is 10.1. The minimum atomic E-state index is -0.259. The fourth-order valence-corrected chi connectivity index (χ4v) is 3.25. The summed E-state index contributed by atoms with van der Waals surface area (Å²) >= 11 is 6.14. The van der Waals surface area contributed by atoms with E-state index in [2.05, 4.69) is 9.97 Å². The maximum absolute atomic E-state index is 11.7. The van der Waals surface area contributed by atoms with Crippen LogP contribution in [0.15, 0.2) is 54.7 Å². The van der Waals surface area contributed by atoms with Gasteiger partial charge < -0.3 is 10.5 Å². The molecule has 0 unspecified atom stereocenters. The minimum Gasteiger partial charge on any atom is -0.466 e. The van der Waals surface area contributed by atoms with Gasteiger partial charge in [-0.25, -0.2) is 15.0 Å². The molecule has 3 heterocycles. The Balaban J connectivity index is 1.84. The number of esters is 1. The fraction of sp³-hybridized carbons (Fsp3) is 0.143. The van der Waals surface area contributed by atoms with Crippen LogP contribution < -0.4 is 5.73 Å². The van der Waals surface area contributed by atoms with E-state index >= 15 is 0 Å². The van der Waals surface area contributed by atoms with E-state index in [1.807, 2.05) is 41.0 Å². The molecule has 4 aromatic rings. The van der Waals surface area contributed by atoms with Gasteiger partial charge in [-0.2, -0.15) is 0 Å². The molecule has 0 aliphatic rings. The minimum absolute atomic E-state index is 0.214. The van der Waals surface area contributed by atoms with Crippen molar-refractivity contribution in [1.82, 2.24) is 19.5 Å². The van der Waals surface area contributed by atoms with Crippen LogP contribution in [-0.4, -0.2) is 32.1 Å². The second-order valence-corrected chi connectivity index (χ2v) is 6.72. The van der Waals surface area contributed by atoms with E-state index in [4.69, 9.17) is 27.1 Å². The molecule has 0 spiro atoms. The number of nitrogens with zero attached hydrogens (tertiary/aromatic N) is 4. The summed E-state index contributed by atoms with van der Waals surface area (Å²) in [6.45, 7) is 2.15. The van der Waals surface area contributed by atoms with Crippen LogP contribution in [0.4, 0.5) is 5.82 Å². The third-order valence-corrected chi connectivity index (χ3v) is 4.61. The largest absolute Gasteiger partial charge is 0.466 e. The second-order valence-electron chi connectivity index (χ2n) is 6.33. The molecule has 3 aromatic heterocycles. The molecule has 0 saturated carbocycles. The van der Waals surface area contributed by atoms with Crippen LogP contribution in [-0.2, 0) is 16.0 Å². The summed E-state index contributed by atoms with van der Waals surface area (Å²) in [5.74, 6) is 0.721. The zero-order valence-corrected chi connectivity index (χ0v) is 16.4. The van der Waals surface area contributed by atoms with Crippen LogP contribution >= 0.6 is 11.6 Å². The van der Waals surface area contributed by atoms with Gasteiger partial charge >= 0.3 is 5.97 Å². The van der Waals surface area contributed by atoms with Crippen molar-refractivity contribution in [2.45, 2.75) is 13.3 Å². The van der Waals surface area contributed by atoms with Crippen molar-refractivity contribution >= 4 is 34.6 Å². The van der Waals surface area contributed by atoms with Crippen molar-refractivity contribution in [1.29, 1.82) is 0 Å². The van der Waals surface area contributed by atoms with Crippen LogP contribution in [0.5, 0.6) is 0 Å². The Hall–Kier alpha value is -3.45. The molecule has 0 radical (unpaired) electrons. The molecule has 0 saturated heterocycles. The van der Waals surface area contributed by atoms with Gasteiger partial charge in [-0.3, -0.25) is 9.36 Å². The summed E-state index contributed by atoms with van der Waals surface area (Å²) in [6.07, 6.45) is 1.84. The van der Waals surface area contributed by atoms with Gasteiger partial charge in [-0.15, -0.1) is 0 Å². The number of benzene rings is 1. The molecular weight excluding hydrogens is 390 g/mol. The number of hydrogen-bond acceptors (Lipinski definition) is 6. The number of aromatic nitrogens is 4. The van der Waals surface area contributed by atoms with E-state index in [0.717, 1.165) is 11.3 Å². The van der Waals surface area contributed by atoms with Gasteiger partial charge in [0, 0.05) is 11.9 Å². The highest BCUT2D eigenvalue weighted by Gasteiger charge is 2.18. The first kappa shape index (κ1) is 18.9. The summed E-state index contributed by atoms with van der Waals surface area (Å²) in [6, 6.07) is 14.7. The third kappa shape index (κ3) is 3.77. The molecule has 8 heteroatoms. The molecule has 0 aliphatic heterocycles. The molecule has 2 N–H and O–H groups in total. The summed E-state index contributed by atoms with van der Waals surface area (Å²) in [7, 11) is 0. The van der Waals surface area contributed by atoms with E-state index in [9.17, 15) is 4.79 Å². The van der Waals surface area contributed by atoms with Gasteiger partial charge in [0.05, 0.1) is 18.6 Å². The number of halogens is 1. The summed E-state index contributed by atoms with van der Waals surface area (Å²) in [4.78, 5) is 25.1. The normalized spacial score (nSPS) is 11.0. The van der Waals surface area contributed by atoms with Crippen molar-refractivity contribution in [2.24, 2.45) is 0 Å². The number of anilines is 1. The first-order valence-electron chi connectivity index (χ1n) is 9.07. The lowest BCUT2D eigenvalue weighted by Gasteiger charge is -2.11. The first-order chi connectivity index (χ1) is 14.1. The molecule has 0 atom stereocenters. The van der Waals surface area contributed by atoms with E-state index in [1.165, 1.54) is 0 Å². The number of imidazole rings is 1. The zero-order chi connectivity index (χ0) is 20.4. The Morgan fingerprint density at radius 1 is 1.14 bits per heavy atom. The Morgan fingerprint density at radius 2 is 1.93 bits per heavy atom. The quantitative estimate of drug-likeness (QED) is 0.399. The zero-order valence-electron chi connectivity index (χ0n) is 15.7. The molecule has 7 nitrogen and oxygen atoms in total. The highest BCUT2D eigenvalue weighted by atomic mass is 35.5. The predicted molar refractivity (Wildman–Crippen MR) is 112 cm³/mol. The van der Waals surface area contributed by atoms with Gasteiger partial charge in [-0.1, -0.05) is 23.7 Å². The highest BCUT2D eigenvalue weighted by Crippen LogP contribution is 2.30. The lowest BCUT2D eigenvalue weighted by Crippen LogP contribution is -2.07. The van der Waals surface area contributed by atoms with Crippen LogP contribution in [0.25, 0.3) is 28.2 Å². The lowest BCUT2D eigenvalue weighted by molar-refractivity contribution is -0.142. The summed E-state index contributed by atoms with van der Waals surface area (Å²) in [5.41, 5.74) is 9.74. The Morgan fingerprint density at radius 3 is 2.66 bits per heavy atom. The van der Waals surface area contributed by atoms with Gasteiger partial charge in [-0.05, 0) is 48.9 Å². The number of ether oxygens (including phenoxy) is 1. The summed E-state index contributed by atoms with van der Waals surface area (Å²) in [5, 5.41) is 0.364. The molecule has 0 amide bonds. The SMILES string of the molecule is CCOC(=O)Cc1ccc(-n2c(-c3cccnc3N)nc3ccc(Cl)nc32)cc1. The number of fused-ring (bicyclic) bond motifs is 1. The van der Waals surface area contributed by atoms with Crippen molar-refractivity contribution < 1.29 is 9.53 Å².